The summed E-state index contributed by atoms with van der Waals surface area (Å²) in [7, 11) is 3.44. The van der Waals surface area contributed by atoms with Gasteiger partial charge < -0.3 is 21.3 Å². The fraction of sp³-hybridized carbons (Fsp3) is 0.467. The van der Waals surface area contributed by atoms with Crippen molar-refractivity contribution in [2.24, 2.45) is 0 Å². The quantitative estimate of drug-likeness (QED) is 0.632. The van der Waals surface area contributed by atoms with Crippen molar-refractivity contribution in [3.63, 3.8) is 0 Å². The van der Waals surface area contributed by atoms with E-state index in [0.29, 0.717) is 11.4 Å². The van der Waals surface area contributed by atoms with Crippen LogP contribution in [-0.2, 0) is 9.59 Å². The highest BCUT2D eigenvalue weighted by molar-refractivity contribution is 6.02. The van der Waals surface area contributed by atoms with Crippen molar-refractivity contribution in [1.82, 2.24) is 10.6 Å². The average Bonchev–Trinajstić information content (AvgIpc) is 2.47. The Morgan fingerprint density at radius 3 is 1.86 bits per heavy atom. The van der Waals surface area contributed by atoms with Crippen molar-refractivity contribution in [1.29, 1.82) is 0 Å². The number of likely N-dealkylation sites (N-methyl/N-ethyl adjacent to an activating group) is 2. The minimum Gasteiger partial charge on any atom is -0.323 e. The second-order valence-corrected chi connectivity index (χ2v) is 5.05. The Morgan fingerprint density at radius 1 is 0.905 bits per heavy atom. The zero-order valence-corrected chi connectivity index (χ0v) is 13.2. The van der Waals surface area contributed by atoms with E-state index >= 15 is 0 Å². The molecule has 0 spiro atoms. The van der Waals surface area contributed by atoms with Crippen LogP contribution in [0, 0.1) is 6.92 Å². The first-order valence-corrected chi connectivity index (χ1v) is 6.96. The second kappa shape index (κ2) is 7.75. The third-order valence-corrected chi connectivity index (χ3v) is 3.34. The van der Waals surface area contributed by atoms with E-state index in [-0.39, 0.29) is 23.9 Å². The molecule has 116 valence electrons. The number of hydrogen-bond donors (Lipinski definition) is 4. The molecule has 0 aliphatic carbocycles. The molecule has 0 aliphatic heterocycles. The molecule has 1 aromatic rings. The summed E-state index contributed by atoms with van der Waals surface area (Å²) in [5.74, 6) is -0.307. The molecule has 6 heteroatoms. The molecular formula is C15H24N4O2. The number of carbonyl (C=O) groups excluding carboxylic acids is 2. The topological polar surface area (TPSA) is 82.3 Å². The van der Waals surface area contributed by atoms with Crippen LogP contribution in [0.3, 0.4) is 0 Å². The average molecular weight is 292 g/mol. The molecule has 2 unspecified atom stereocenters. The van der Waals surface area contributed by atoms with Crippen LogP contribution in [-0.4, -0.2) is 38.0 Å². The molecule has 0 saturated heterocycles. The zero-order valence-electron chi connectivity index (χ0n) is 13.2. The molecule has 0 radical (unpaired) electrons. The highest BCUT2D eigenvalue weighted by Crippen LogP contribution is 2.23. The summed E-state index contributed by atoms with van der Waals surface area (Å²) in [5.41, 5.74) is 2.19. The number of amides is 2. The van der Waals surface area contributed by atoms with Gasteiger partial charge in [0.1, 0.15) is 0 Å². The maximum Gasteiger partial charge on any atom is 0.241 e. The molecular weight excluding hydrogens is 268 g/mol. The van der Waals surface area contributed by atoms with Gasteiger partial charge in [0.05, 0.1) is 23.5 Å². The van der Waals surface area contributed by atoms with Gasteiger partial charge in [-0.3, -0.25) is 9.59 Å². The van der Waals surface area contributed by atoms with Crippen LogP contribution in [0.25, 0.3) is 0 Å². The van der Waals surface area contributed by atoms with Gasteiger partial charge in [0, 0.05) is 0 Å². The Hall–Kier alpha value is -1.92. The van der Waals surface area contributed by atoms with Crippen LogP contribution in [0.5, 0.6) is 0 Å². The van der Waals surface area contributed by atoms with Gasteiger partial charge in [0.25, 0.3) is 0 Å². The maximum absolute atomic E-state index is 12.0. The molecule has 4 N–H and O–H groups in total. The van der Waals surface area contributed by atoms with Gasteiger partial charge in [-0.15, -0.1) is 0 Å². The Morgan fingerprint density at radius 2 is 1.38 bits per heavy atom. The van der Waals surface area contributed by atoms with Gasteiger partial charge in [-0.25, -0.2) is 0 Å². The first-order valence-electron chi connectivity index (χ1n) is 6.96. The molecule has 0 aromatic heterocycles. The lowest BCUT2D eigenvalue weighted by Gasteiger charge is -2.17. The molecule has 6 nitrogen and oxygen atoms in total. The molecule has 2 atom stereocenters. The fourth-order valence-electron chi connectivity index (χ4n) is 1.61. The van der Waals surface area contributed by atoms with Crippen LogP contribution in [0.4, 0.5) is 11.4 Å². The van der Waals surface area contributed by atoms with E-state index in [9.17, 15) is 9.59 Å². The van der Waals surface area contributed by atoms with E-state index in [0.717, 1.165) is 5.56 Å². The molecule has 0 fully saturated rings. The number of hydrogen-bond acceptors (Lipinski definition) is 4. The van der Waals surface area contributed by atoms with Gasteiger partial charge in [0.2, 0.25) is 11.8 Å². The fourth-order valence-corrected chi connectivity index (χ4v) is 1.61. The molecule has 0 aliphatic rings. The normalized spacial score (nSPS) is 13.4. The summed E-state index contributed by atoms with van der Waals surface area (Å²) >= 11 is 0. The van der Waals surface area contributed by atoms with E-state index in [1.165, 1.54) is 0 Å². The number of benzene rings is 1. The SMILES string of the molecule is CNC(C)C(=O)Nc1ccc(C)cc1NC(=O)C(C)NC. The zero-order chi connectivity index (χ0) is 16.0. The summed E-state index contributed by atoms with van der Waals surface area (Å²) in [6, 6.07) is 4.88. The van der Waals surface area contributed by atoms with E-state index < -0.39 is 0 Å². The van der Waals surface area contributed by atoms with Crippen molar-refractivity contribution in [3.05, 3.63) is 23.8 Å². The van der Waals surface area contributed by atoms with Crippen molar-refractivity contribution in [3.8, 4) is 0 Å². The Labute approximate surface area is 125 Å². The van der Waals surface area contributed by atoms with Crippen molar-refractivity contribution in [2.45, 2.75) is 32.9 Å². The van der Waals surface area contributed by atoms with Crippen LogP contribution in [0.2, 0.25) is 0 Å². The summed E-state index contributed by atoms with van der Waals surface area (Å²) in [6.07, 6.45) is 0. The molecule has 0 bridgehead atoms. The molecule has 21 heavy (non-hydrogen) atoms. The van der Waals surface area contributed by atoms with E-state index in [1.54, 1.807) is 34.0 Å². The Balaban J connectivity index is 2.94. The molecule has 1 aromatic carbocycles. The summed E-state index contributed by atoms with van der Waals surface area (Å²) < 4.78 is 0. The number of nitrogens with one attached hydrogen (secondary N) is 4. The van der Waals surface area contributed by atoms with Crippen LogP contribution < -0.4 is 21.3 Å². The predicted octanol–water partition coefficient (Wildman–Crippen LogP) is 1.09. The van der Waals surface area contributed by atoms with Gasteiger partial charge >= 0.3 is 0 Å². The van der Waals surface area contributed by atoms with Crippen LogP contribution in [0.1, 0.15) is 19.4 Å². The van der Waals surface area contributed by atoms with Crippen molar-refractivity contribution in [2.75, 3.05) is 24.7 Å². The smallest absolute Gasteiger partial charge is 0.241 e. The van der Waals surface area contributed by atoms with E-state index in [2.05, 4.69) is 21.3 Å². The third kappa shape index (κ3) is 4.84. The maximum atomic E-state index is 12.0. The second-order valence-electron chi connectivity index (χ2n) is 5.05. The van der Waals surface area contributed by atoms with E-state index in [4.69, 9.17) is 0 Å². The molecule has 1 rings (SSSR count). The molecule has 2 amide bonds. The minimum atomic E-state index is -0.315. The Bertz CT molecular complexity index is 516. The van der Waals surface area contributed by atoms with Gasteiger partial charge in [-0.05, 0) is 52.6 Å². The lowest BCUT2D eigenvalue weighted by Crippen LogP contribution is -2.37. The predicted molar refractivity (Wildman–Crippen MR) is 85.5 cm³/mol. The van der Waals surface area contributed by atoms with Gasteiger partial charge in [0.15, 0.2) is 0 Å². The standard InChI is InChI=1S/C15H24N4O2/c1-9-6-7-12(18-14(20)10(2)16-4)13(8-9)19-15(21)11(3)17-5/h6-8,10-11,16-17H,1-5H3,(H,18,20)(H,19,21). The lowest BCUT2D eigenvalue weighted by molar-refractivity contribution is -0.118. The molecule has 0 heterocycles. The van der Waals surface area contributed by atoms with Crippen molar-refractivity contribution >= 4 is 23.2 Å². The van der Waals surface area contributed by atoms with Gasteiger partial charge in [-0.1, -0.05) is 6.07 Å². The lowest BCUT2D eigenvalue weighted by atomic mass is 10.1. The van der Waals surface area contributed by atoms with E-state index in [1.807, 2.05) is 19.1 Å². The first-order chi connectivity index (χ1) is 9.88. The van der Waals surface area contributed by atoms with Crippen molar-refractivity contribution < 1.29 is 9.59 Å². The highest BCUT2D eigenvalue weighted by Gasteiger charge is 2.16. The Kier molecular flexibility index (Phi) is 6.33. The summed E-state index contributed by atoms with van der Waals surface area (Å²) in [5, 5.41) is 11.4. The number of anilines is 2. The van der Waals surface area contributed by atoms with Gasteiger partial charge in [-0.2, -0.15) is 0 Å². The number of aryl methyl sites for hydroxylation is 1. The monoisotopic (exact) mass is 292 g/mol. The van der Waals surface area contributed by atoms with Crippen LogP contribution in [0.15, 0.2) is 18.2 Å². The summed E-state index contributed by atoms with van der Waals surface area (Å²) in [4.78, 5) is 23.9. The third-order valence-electron chi connectivity index (χ3n) is 3.34. The summed E-state index contributed by atoms with van der Waals surface area (Å²) in [6.45, 7) is 5.47. The first kappa shape index (κ1) is 17.1. The number of carbonyl (C=O) groups is 2. The highest BCUT2D eigenvalue weighted by atomic mass is 16.2. The number of rotatable bonds is 6. The largest absolute Gasteiger partial charge is 0.323 e. The van der Waals surface area contributed by atoms with Crippen LogP contribution >= 0.6 is 0 Å². The minimum absolute atomic E-state index is 0.153. The molecule has 0 saturated carbocycles.